The van der Waals surface area contributed by atoms with Crippen LogP contribution in [0.2, 0.25) is 0 Å². The van der Waals surface area contributed by atoms with E-state index in [0.29, 0.717) is 5.56 Å². The average molecular weight is 223 g/mol. The molecule has 0 amide bonds. The van der Waals surface area contributed by atoms with Crippen LogP contribution in [0.25, 0.3) is 0 Å². The first-order chi connectivity index (χ1) is 6.95. The molecule has 0 aliphatic carbocycles. The summed E-state index contributed by atoms with van der Waals surface area (Å²) in [4.78, 5) is 13.0. The number of thioether (sulfide) groups is 1. The van der Waals surface area contributed by atoms with E-state index in [9.17, 15) is 4.79 Å². The Morgan fingerprint density at radius 1 is 1.33 bits per heavy atom. The molecule has 0 atom stereocenters. The summed E-state index contributed by atoms with van der Waals surface area (Å²) in [5.41, 5.74) is 5.64. The summed E-state index contributed by atoms with van der Waals surface area (Å²) in [7, 11) is 0. The van der Waals surface area contributed by atoms with Crippen LogP contribution in [0.15, 0.2) is 29.2 Å². The molecule has 0 bridgehead atoms. The van der Waals surface area contributed by atoms with Crippen molar-refractivity contribution in [1.82, 2.24) is 0 Å². The highest BCUT2D eigenvalue weighted by molar-refractivity contribution is 7.99. The monoisotopic (exact) mass is 223 g/mol. The molecule has 2 nitrogen and oxygen atoms in total. The molecule has 0 radical (unpaired) electrons. The van der Waals surface area contributed by atoms with Gasteiger partial charge in [-0.05, 0) is 31.7 Å². The van der Waals surface area contributed by atoms with E-state index in [-0.39, 0.29) is 5.78 Å². The molecule has 1 aromatic carbocycles. The van der Waals surface area contributed by atoms with Crippen LogP contribution in [0.5, 0.6) is 0 Å². The van der Waals surface area contributed by atoms with Crippen LogP contribution in [0.4, 0.5) is 0 Å². The Labute approximate surface area is 95.2 Å². The van der Waals surface area contributed by atoms with Crippen molar-refractivity contribution < 1.29 is 4.79 Å². The molecular weight excluding hydrogens is 206 g/mol. The highest BCUT2D eigenvalue weighted by Gasteiger charge is 2.22. The Hall–Kier alpha value is -0.800. The van der Waals surface area contributed by atoms with Gasteiger partial charge in [0.15, 0.2) is 5.78 Å². The van der Waals surface area contributed by atoms with Crippen LogP contribution in [0.3, 0.4) is 0 Å². The predicted octanol–water partition coefficient (Wildman–Crippen LogP) is 2.72. The van der Waals surface area contributed by atoms with Crippen molar-refractivity contribution in [1.29, 1.82) is 0 Å². The summed E-state index contributed by atoms with van der Waals surface area (Å²) >= 11 is 1.76. The average Bonchev–Trinajstić information content (AvgIpc) is 2.17. The molecule has 0 saturated carbocycles. The first-order valence-electron chi connectivity index (χ1n) is 5.01. The second-order valence-corrected chi connectivity index (χ2v) is 5.35. The second-order valence-electron chi connectivity index (χ2n) is 4.01. The largest absolute Gasteiger partial charge is 0.319 e. The van der Waals surface area contributed by atoms with E-state index in [1.165, 1.54) is 4.90 Å². The lowest BCUT2D eigenvalue weighted by molar-refractivity contribution is 0.0913. The SMILES string of the molecule is CCSc1ccc(C(=O)C(C)(C)N)cc1. The maximum absolute atomic E-state index is 11.8. The molecule has 15 heavy (non-hydrogen) atoms. The van der Waals surface area contributed by atoms with Gasteiger partial charge in [-0.25, -0.2) is 0 Å². The smallest absolute Gasteiger partial charge is 0.182 e. The summed E-state index contributed by atoms with van der Waals surface area (Å²) in [6.45, 7) is 5.56. The van der Waals surface area contributed by atoms with Crippen molar-refractivity contribution in [2.24, 2.45) is 5.73 Å². The number of hydrogen-bond donors (Lipinski definition) is 1. The van der Waals surface area contributed by atoms with Crippen LogP contribution in [-0.2, 0) is 0 Å². The Kier molecular flexibility index (Phi) is 3.94. The van der Waals surface area contributed by atoms with E-state index in [1.807, 2.05) is 24.3 Å². The summed E-state index contributed by atoms with van der Waals surface area (Å²) in [6, 6.07) is 7.62. The van der Waals surface area contributed by atoms with Crippen molar-refractivity contribution in [2.45, 2.75) is 31.2 Å². The first-order valence-corrected chi connectivity index (χ1v) is 6.00. The van der Waals surface area contributed by atoms with Crippen LogP contribution >= 0.6 is 11.8 Å². The lowest BCUT2D eigenvalue weighted by atomic mass is 9.95. The van der Waals surface area contributed by atoms with Crippen molar-refractivity contribution in [3.8, 4) is 0 Å². The van der Waals surface area contributed by atoms with Crippen LogP contribution in [0.1, 0.15) is 31.1 Å². The number of ketones is 1. The number of nitrogens with two attached hydrogens (primary N) is 1. The molecule has 3 heteroatoms. The summed E-state index contributed by atoms with van der Waals surface area (Å²) < 4.78 is 0. The Morgan fingerprint density at radius 3 is 2.27 bits per heavy atom. The van der Waals surface area contributed by atoms with Gasteiger partial charge < -0.3 is 5.73 Å². The minimum Gasteiger partial charge on any atom is -0.319 e. The van der Waals surface area contributed by atoms with Gasteiger partial charge in [0.05, 0.1) is 5.54 Å². The quantitative estimate of drug-likeness (QED) is 0.630. The highest BCUT2D eigenvalue weighted by atomic mass is 32.2. The molecule has 82 valence electrons. The zero-order chi connectivity index (χ0) is 11.5. The van der Waals surface area contributed by atoms with E-state index in [4.69, 9.17) is 5.73 Å². The van der Waals surface area contributed by atoms with Gasteiger partial charge in [0.1, 0.15) is 0 Å². The number of Topliss-reactive ketones (excluding diaryl/α,β-unsaturated/α-hetero) is 1. The maximum Gasteiger partial charge on any atom is 0.182 e. The first kappa shape index (κ1) is 12.3. The molecule has 0 spiro atoms. The summed E-state index contributed by atoms with van der Waals surface area (Å²) in [5, 5.41) is 0. The number of rotatable bonds is 4. The van der Waals surface area contributed by atoms with E-state index < -0.39 is 5.54 Å². The zero-order valence-corrected chi connectivity index (χ0v) is 10.2. The molecule has 0 unspecified atom stereocenters. The third-order valence-electron chi connectivity index (χ3n) is 2.01. The van der Waals surface area contributed by atoms with Crippen LogP contribution in [-0.4, -0.2) is 17.1 Å². The fourth-order valence-corrected chi connectivity index (χ4v) is 1.90. The second kappa shape index (κ2) is 4.81. The minimum absolute atomic E-state index is 0.0180. The molecule has 0 fully saturated rings. The molecule has 1 aromatic rings. The molecule has 0 aliphatic heterocycles. The standard InChI is InChI=1S/C12H17NOS/c1-4-15-10-7-5-9(6-8-10)11(14)12(2,3)13/h5-8H,4,13H2,1-3H3. The molecule has 1 rings (SSSR count). The minimum atomic E-state index is -0.792. The van der Waals surface area contributed by atoms with Gasteiger partial charge in [-0.15, -0.1) is 11.8 Å². The van der Waals surface area contributed by atoms with Crippen LogP contribution in [0, 0.1) is 0 Å². The molecule has 0 aliphatic rings. The topological polar surface area (TPSA) is 43.1 Å². The maximum atomic E-state index is 11.8. The molecular formula is C12H17NOS. The third-order valence-corrected chi connectivity index (χ3v) is 2.91. The molecule has 0 heterocycles. The van der Waals surface area contributed by atoms with Crippen molar-refractivity contribution in [3.63, 3.8) is 0 Å². The van der Waals surface area contributed by atoms with Gasteiger partial charge >= 0.3 is 0 Å². The summed E-state index contributed by atoms with van der Waals surface area (Å²) in [5.74, 6) is 1.02. The number of carbonyl (C=O) groups is 1. The van der Waals surface area contributed by atoms with Gasteiger partial charge in [0, 0.05) is 10.5 Å². The fraction of sp³-hybridized carbons (Fsp3) is 0.417. The fourth-order valence-electron chi connectivity index (χ4n) is 1.24. The van der Waals surface area contributed by atoms with E-state index >= 15 is 0 Å². The highest BCUT2D eigenvalue weighted by Crippen LogP contribution is 2.19. The normalized spacial score (nSPS) is 11.5. The lowest BCUT2D eigenvalue weighted by Gasteiger charge is -2.16. The van der Waals surface area contributed by atoms with Crippen molar-refractivity contribution in [3.05, 3.63) is 29.8 Å². The Bertz CT molecular complexity index is 338. The van der Waals surface area contributed by atoms with Gasteiger partial charge in [-0.1, -0.05) is 19.1 Å². The summed E-state index contributed by atoms with van der Waals surface area (Å²) in [6.07, 6.45) is 0. The van der Waals surface area contributed by atoms with Gasteiger partial charge in [-0.3, -0.25) is 4.79 Å². The number of benzene rings is 1. The van der Waals surface area contributed by atoms with E-state index in [0.717, 1.165) is 5.75 Å². The van der Waals surface area contributed by atoms with Crippen molar-refractivity contribution >= 4 is 17.5 Å². The predicted molar refractivity (Wildman–Crippen MR) is 65.4 cm³/mol. The zero-order valence-electron chi connectivity index (χ0n) is 9.41. The third kappa shape index (κ3) is 3.36. The number of carbonyl (C=O) groups excluding carboxylic acids is 1. The molecule has 0 saturated heterocycles. The molecule has 2 N–H and O–H groups in total. The van der Waals surface area contributed by atoms with Crippen LogP contribution < -0.4 is 5.73 Å². The Morgan fingerprint density at radius 2 is 1.87 bits per heavy atom. The van der Waals surface area contributed by atoms with Gasteiger partial charge in [-0.2, -0.15) is 0 Å². The van der Waals surface area contributed by atoms with E-state index in [1.54, 1.807) is 25.6 Å². The van der Waals surface area contributed by atoms with Gasteiger partial charge in [0.2, 0.25) is 0 Å². The van der Waals surface area contributed by atoms with Gasteiger partial charge in [0.25, 0.3) is 0 Å². The Balaban J connectivity index is 2.85. The van der Waals surface area contributed by atoms with E-state index in [2.05, 4.69) is 6.92 Å². The molecule has 0 aromatic heterocycles. The number of hydrogen-bond acceptors (Lipinski definition) is 3. The van der Waals surface area contributed by atoms with Crippen molar-refractivity contribution in [2.75, 3.05) is 5.75 Å². The lowest BCUT2D eigenvalue weighted by Crippen LogP contribution is -2.41.